The van der Waals surface area contributed by atoms with Crippen LogP contribution in [-0.4, -0.2) is 24.4 Å². The average Bonchev–Trinajstić information content (AvgIpc) is 3.26. The molecule has 0 saturated carbocycles. The minimum Gasteiger partial charge on any atom is -0.462 e. The fourth-order valence-electron chi connectivity index (χ4n) is 7.41. The Morgan fingerprint density at radius 3 is 0.934 bits per heavy atom. The largest absolute Gasteiger partial charge is 0.462 e. The number of carbonyl (C=O) groups excluding carboxylic acids is 3. The number of amides is 2. The van der Waals surface area contributed by atoms with Crippen molar-refractivity contribution in [2.24, 2.45) is 11.5 Å². The van der Waals surface area contributed by atoms with Gasteiger partial charge in [-0.15, -0.1) is 0 Å². The highest BCUT2D eigenvalue weighted by atomic mass is 16.5. The van der Waals surface area contributed by atoms with Crippen LogP contribution in [0.5, 0.6) is 0 Å². The van der Waals surface area contributed by atoms with Crippen LogP contribution in [0.1, 0.15) is 237 Å². The van der Waals surface area contributed by atoms with Gasteiger partial charge in [-0.2, -0.15) is 5.26 Å². The second-order valence-electron chi connectivity index (χ2n) is 16.6. The summed E-state index contributed by atoms with van der Waals surface area (Å²) in [6, 6.07) is 20.8. The number of hydrogen-bond donors (Lipinski definition) is 2. The summed E-state index contributed by atoms with van der Waals surface area (Å²) in [4.78, 5) is 33.2. The number of hydrogen-bond acceptors (Lipinski definition) is 5. The zero-order chi connectivity index (χ0) is 44.9. The predicted molar refractivity (Wildman–Crippen MR) is 259 cm³/mol. The van der Waals surface area contributed by atoms with Crippen molar-refractivity contribution in [2.75, 3.05) is 6.61 Å². The lowest BCUT2D eigenvalue weighted by molar-refractivity contribution is -0.138. The van der Waals surface area contributed by atoms with Gasteiger partial charge in [0.05, 0.1) is 6.61 Å². The monoisotopic (exact) mass is 844 g/mol. The van der Waals surface area contributed by atoms with Crippen LogP contribution in [0.25, 0.3) is 5.57 Å². The van der Waals surface area contributed by atoms with E-state index in [1.807, 2.05) is 66.7 Å². The average molecular weight is 844 g/mol. The number of primary amides is 2. The van der Waals surface area contributed by atoms with Crippen LogP contribution in [0.2, 0.25) is 0 Å². The molecule has 2 aromatic rings. The Labute approximate surface area is 374 Å². The molecule has 0 aromatic heterocycles. The number of carbonyl (C=O) groups is 3. The van der Waals surface area contributed by atoms with Gasteiger partial charge in [0.25, 0.3) is 0 Å². The van der Waals surface area contributed by atoms with E-state index < -0.39 is 5.97 Å². The van der Waals surface area contributed by atoms with Crippen LogP contribution in [0.15, 0.2) is 66.2 Å². The topological polar surface area (TPSA) is 136 Å². The van der Waals surface area contributed by atoms with Gasteiger partial charge in [-0.05, 0) is 30.9 Å². The fraction of sp³-hybridized carbons (Fsp3) is 0.667. The van der Waals surface area contributed by atoms with Gasteiger partial charge in [0.15, 0.2) is 0 Å². The van der Waals surface area contributed by atoms with E-state index in [0.29, 0.717) is 18.4 Å². The number of nitrogens with two attached hydrogens (primary N) is 2. The van der Waals surface area contributed by atoms with Gasteiger partial charge in [0.1, 0.15) is 11.6 Å². The molecule has 0 saturated heterocycles. The van der Waals surface area contributed by atoms with Crippen molar-refractivity contribution in [3.63, 3.8) is 0 Å². The van der Waals surface area contributed by atoms with Crippen molar-refractivity contribution >= 4 is 23.4 Å². The van der Waals surface area contributed by atoms with Crippen molar-refractivity contribution in [3.8, 4) is 6.07 Å². The minimum absolute atomic E-state index is 0.0225. The number of rotatable bonds is 36. The fourth-order valence-corrected chi connectivity index (χ4v) is 7.41. The Morgan fingerprint density at radius 1 is 0.443 bits per heavy atom. The second-order valence-corrected chi connectivity index (χ2v) is 16.6. The van der Waals surface area contributed by atoms with Gasteiger partial charge >= 0.3 is 5.97 Å². The number of unbranched alkanes of at least 4 members (excludes halogenated alkanes) is 28. The van der Waals surface area contributed by atoms with E-state index >= 15 is 0 Å². The van der Waals surface area contributed by atoms with Crippen molar-refractivity contribution in [2.45, 2.75) is 226 Å². The van der Waals surface area contributed by atoms with Gasteiger partial charge in [-0.1, -0.05) is 254 Å². The van der Waals surface area contributed by atoms with E-state index in [2.05, 4.69) is 13.8 Å². The maximum Gasteiger partial charge on any atom is 0.349 e. The highest BCUT2D eigenvalue weighted by molar-refractivity contribution is 6.05. The Morgan fingerprint density at radius 2 is 0.705 bits per heavy atom. The molecule has 0 aliphatic heterocycles. The lowest BCUT2D eigenvalue weighted by Crippen LogP contribution is -2.09. The van der Waals surface area contributed by atoms with Crippen molar-refractivity contribution in [1.82, 2.24) is 0 Å². The maximum atomic E-state index is 12.1. The number of nitrogens with zero attached hydrogens (tertiary/aromatic N) is 1. The molecule has 0 fully saturated rings. The molecular formula is C54H89N3O4. The van der Waals surface area contributed by atoms with Crippen LogP contribution >= 0.6 is 0 Å². The van der Waals surface area contributed by atoms with E-state index in [4.69, 9.17) is 16.2 Å². The summed E-state index contributed by atoms with van der Waals surface area (Å²) in [7, 11) is 0. The third-order valence-corrected chi connectivity index (χ3v) is 11.0. The van der Waals surface area contributed by atoms with Gasteiger partial charge in [-0.3, -0.25) is 9.59 Å². The summed E-state index contributed by atoms with van der Waals surface area (Å²) in [5.74, 6) is -0.901. The lowest BCUT2D eigenvalue weighted by atomic mass is 9.93. The zero-order valence-electron chi connectivity index (χ0n) is 39.3. The third kappa shape index (κ3) is 36.4. The predicted octanol–water partition coefficient (Wildman–Crippen LogP) is 15.0. The van der Waals surface area contributed by atoms with Crippen LogP contribution in [0.3, 0.4) is 0 Å². The van der Waals surface area contributed by atoms with Crippen LogP contribution in [-0.2, 0) is 19.1 Å². The van der Waals surface area contributed by atoms with Crippen LogP contribution < -0.4 is 11.5 Å². The molecule has 0 aliphatic carbocycles. The first-order valence-corrected chi connectivity index (χ1v) is 24.8. The summed E-state index contributed by atoms with van der Waals surface area (Å²) < 4.78 is 5.00. The maximum absolute atomic E-state index is 12.1. The summed E-state index contributed by atoms with van der Waals surface area (Å²) in [6.45, 7) is 6.51. The molecule has 0 heterocycles. The molecule has 7 nitrogen and oxygen atoms in total. The van der Waals surface area contributed by atoms with Crippen molar-refractivity contribution < 1.29 is 19.1 Å². The Balaban J connectivity index is 0.000000886. The van der Waals surface area contributed by atoms with Crippen LogP contribution in [0.4, 0.5) is 0 Å². The summed E-state index contributed by atoms with van der Waals surface area (Å²) in [5.41, 5.74) is 12.5. The van der Waals surface area contributed by atoms with Gasteiger partial charge in [0.2, 0.25) is 11.8 Å². The molecule has 0 atom stereocenters. The third-order valence-electron chi connectivity index (χ3n) is 11.0. The highest BCUT2D eigenvalue weighted by Crippen LogP contribution is 2.27. The molecular weight excluding hydrogens is 755 g/mol. The molecule has 2 amide bonds. The molecule has 344 valence electrons. The smallest absolute Gasteiger partial charge is 0.349 e. The van der Waals surface area contributed by atoms with Crippen molar-refractivity contribution in [1.29, 1.82) is 5.26 Å². The number of nitriles is 1. The zero-order valence-corrected chi connectivity index (χ0v) is 39.3. The molecule has 0 aliphatic rings. The minimum atomic E-state index is -0.595. The normalized spacial score (nSPS) is 10.4. The van der Waals surface area contributed by atoms with E-state index in [-0.39, 0.29) is 24.0 Å². The highest BCUT2D eigenvalue weighted by Gasteiger charge is 2.19. The van der Waals surface area contributed by atoms with E-state index in [1.165, 1.54) is 180 Å². The Kier molecular flexibility index (Phi) is 41.3. The second kappa shape index (κ2) is 44.1. The first-order valence-electron chi connectivity index (χ1n) is 24.8. The molecule has 2 rings (SSSR count). The molecule has 0 spiro atoms. The first-order chi connectivity index (χ1) is 29.8. The van der Waals surface area contributed by atoms with Gasteiger partial charge in [0, 0.05) is 18.4 Å². The van der Waals surface area contributed by atoms with Crippen LogP contribution in [0, 0.1) is 11.3 Å². The summed E-state index contributed by atoms with van der Waals surface area (Å²) in [6.07, 6.45) is 41.8. The molecule has 0 unspecified atom stereocenters. The lowest BCUT2D eigenvalue weighted by Gasteiger charge is -2.11. The molecule has 4 N–H and O–H groups in total. The number of ether oxygens (including phenoxy) is 1. The molecule has 0 radical (unpaired) electrons. The molecule has 7 heteroatoms. The van der Waals surface area contributed by atoms with E-state index in [9.17, 15) is 19.6 Å². The first kappa shape index (κ1) is 57.1. The molecule has 0 bridgehead atoms. The number of esters is 1. The van der Waals surface area contributed by atoms with E-state index in [0.717, 1.165) is 24.0 Å². The van der Waals surface area contributed by atoms with Gasteiger partial charge < -0.3 is 16.2 Å². The Bertz CT molecular complexity index is 1300. The summed E-state index contributed by atoms with van der Waals surface area (Å²) >= 11 is 0. The SMILES string of the molecule is CCCCCCCCCCCCCCCCCC(N)=O.CCCCCCCCCCCCCCCCCC(N)=O.CCOC(=O)C(C#N)=C(c1ccccc1)c1ccccc1. The van der Waals surface area contributed by atoms with Gasteiger partial charge in [-0.25, -0.2) is 4.79 Å². The number of benzene rings is 2. The molecule has 2 aromatic carbocycles. The van der Waals surface area contributed by atoms with Crippen molar-refractivity contribution in [3.05, 3.63) is 77.4 Å². The quantitative estimate of drug-likeness (QED) is 0.0305. The summed E-state index contributed by atoms with van der Waals surface area (Å²) in [5, 5.41) is 9.41. The standard InChI is InChI=1S/C18H15NO2.2C18H37NO/c1-2-21-18(20)16(13-19)17(14-9-5-3-6-10-14)15-11-7-4-8-12-15;2*1-2-3-4-5-6-7-8-9-10-11-12-13-14-15-16-17-18(19)20/h3-12H,2H2,1H3;2*2-17H2,1H3,(H2,19,20). The van der Waals surface area contributed by atoms with E-state index in [1.54, 1.807) is 6.92 Å². The molecule has 61 heavy (non-hydrogen) atoms. The Hall–Kier alpha value is -3.92.